The lowest BCUT2D eigenvalue weighted by Crippen LogP contribution is -2.60. The van der Waals surface area contributed by atoms with E-state index in [0.717, 1.165) is 18.4 Å². The third-order valence-electron chi connectivity index (χ3n) is 9.60. The molecule has 5 atom stereocenters. The number of aliphatic hydroxyl groups is 2. The number of alkyl carbamates (subject to hydrolysis) is 1. The molecule has 286 valence electrons. The molecule has 0 bridgehead atoms. The average Bonchev–Trinajstić information content (AvgIpc) is 3.83. The number of benzene rings is 1. The van der Waals surface area contributed by atoms with Crippen molar-refractivity contribution in [1.82, 2.24) is 36.3 Å². The van der Waals surface area contributed by atoms with E-state index in [1.165, 1.54) is 7.11 Å². The summed E-state index contributed by atoms with van der Waals surface area (Å²) in [7, 11) is 1.24. The Morgan fingerprint density at radius 2 is 1.65 bits per heavy atom. The normalized spacial score (nSPS) is 18.6. The van der Waals surface area contributed by atoms with E-state index in [4.69, 9.17) is 4.74 Å². The Labute approximate surface area is 307 Å². The van der Waals surface area contributed by atoms with Crippen LogP contribution in [0.3, 0.4) is 0 Å². The molecule has 0 spiro atoms. The van der Waals surface area contributed by atoms with Crippen LogP contribution in [0, 0.1) is 22.7 Å². The summed E-state index contributed by atoms with van der Waals surface area (Å²) in [6.45, 7) is 12.0. The minimum atomic E-state index is -1.12. The molecule has 2 aromatic rings. The number of aliphatic hydroxyl groups excluding tert-OH is 2. The molecule has 2 heterocycles. The van der Waals surface area contributed by atoms with Gasteiger partial charge in [-0.25, -0.2) is 14.6 Å². The second kappa shape index (κ2) is 17.5. The Kier molecular flexibility index (Phi) is 13.6. The lowest BCUT2D eigenvalue weighted by atomic mass is 9.75. The molecule has 1 aromatic carbocycles. The van der Waals surface area contributed by atoms with Gasteiger partial charge in [0.15, 0.2) is 0 Å². The van der Waals surface area contributed by atoms with E-state index in [0.29, 0.717) is 30.3 Å². The molecule has 2 fully saturated rings. The van der Waals surface area contributed by atoms with Crippen molar-refractivity contribution in [3.63, 3.8) is 0 Å². The third kappa shape index (κ3) is 11.4. The zero-order chi connectivity index (χ0) is 38.2. The number of hydrogen-bond donors (Lipinski definition) is 6. The highest BCUT2D eigenvalue weighted by atomic mass is 16.5. The molecule has 1 aliphatic heterocycles. The lowest BCUT2D eigenvalue weighted by Gasteiger charge is -2.39. The highest BCUT2D eigenvalue weighted by Crippen LogP contribution is 2.34. The molecule has 1 aromatic heterocycles. The summed E-state index contributed by atoms with van der Waals surface area (Å²) in [4.78, 5) is 59.5. The number of nitrogens with one attached hydrogen (secondary N) is 4. The van der Waals surface area contributed by atoms with Gasteiger partial charge in [0, 0.05) is 19.6 Å². The first-order chi connectivity index (χ1) is 24.5. The number of pyridine rings is 1. The summed E-state index contributed by atoms with van der Waals surface area (Å²) in [5.74, 6) is -1.10. The summed E-state index contributed by atoms with van der Waals surface area (Å²) in [6.07, 6.45) is 0.459. The predicted octanol–water partition coefficient (Wildman–Crippen LogP) is 2.73. The van der Waals surface area contributed by atoms with Crippen LogP contribution in [0.25, 0.3) is 0 Å². The van der Waals surface area contributed by atoms with Crippen molar-refractivity contribution in [2.45, 2.75) is 98.2 Å². The number of carbonyl (C=O) groups excluding carboxylic acids is 4. The van der Waals surface area contributed by atoms with E-state index in [-0.39, 0.29) is 38.2 Å². The molecule has 14 heteroatoms. The Balaban J connectivity index is 1.58. The third-order valence-corrected chi connectivity index (χ3v) is 9.60. The fourth-order valence-electron chi connectivity index (χ4n) is 6.69. The minimum absolute atomic E-state index is 0.0117. The zero-order valence-electron chi connectivity index (χ0n) is 31.5. The van der Waals surface area contributed by atoms with E-state index in [9.17, 15) is 29.4 Å². The number of methoxy groups -OCH3 is 1. The Bertz CT molecular complexity index is 1520. The zero-order valence-corrected chi connectivity index (χ0v) is 31.5. The van der Waals surface area contributed by atoms with Gasteiger partial charge in [0.2, 0.25) is 5.91 Å². The molecule has 4 rings (SSSR count). The van der Waals surface area contributed by atoms with Crippen LogP contribution in [0.15, 0.2) is 48.5 Å². The monoisotopic (exact) mass is 723 g/mol. The number of nitrogens with zero attached hydrogens (tertiary/aromatic N) is 3. The summed E-state index contributed by atoms with van der Waals surface area (Å²) in [6, 6.07) is 12.3. The molecule has 1 aliphatic carbocycles. The standard InChI is InChI=1S/C38H57N7O7/c1-37(2,3)31(29-19-39-35(50)45(29)21-26-14-11-15-27(23-46)40-26)33(48)41-28(18-24-12-9-8-10-13-24)30(47)22-44(20-25-16-17-25)43-34(49)32(38(4,5)6)42-36(51)52-7/h8-15,25,28-32,46-47H,16-23H2,1-7H3,(H,39,50)(H,41,48)(H,42,51)(H,43,49). The maximum absolute atomic E-state index is 14.5. The van der Waals surface area contributed by atoms with E-state index in [1.807, 2.05) is 71.9 Å². The van der Waals surface area contributed by atoms with E-state index >= 15 is 0 Å². The van der Waals surface area contributed by atoms with Crippen molar-refractivity contribution in [1.29, 1.82) is 0 Å². The molecular formula is C38H57N7O7. The predicted molar refractivity (Wildman–Crippen MR) is 195 cm³/mol. The number of carbonyl (C=O) groups is 4. The van der Waals surface area contributed by atoms with Crippen LogP contribution in [0.5, 0.6) is 0 Å². The Morgan fingerprint density at radius 1 is 0.981 bits per heavy atom. The van der Waals surface area contributed by atoms with Crippen LogP contribution in [0.4, 0.5) is 9.59 Å². The van der Waals surface area contributed by atoms with Gasteiger partial charge < -0.3 is 35.8 Å². The quantitative estimate of drug-likeness (QED) is 0.142. The molecule has 2 aliphatic rings. The van der Waals surface area contributed by atoms with Gasteiger partial charge in [0.1, 0.15) is 6.04 Å². The smallest absolute Gasteiger partial charge is 0.407 e. The minimum Gasteiger partial charge on any atom is -0.453 e. The van der Waals surface area contributed by atoms with Gasteiger partial charge in [0.05, 0.1) is 55.8 Å². The second-order valence-electron chi connectivity index (χ2n) is 16.1. The van der Waals surface area contributed by atoms with Crippen molar-refractivity contribution < 1.29 is 34.1 Å². The Morgan fingerprint density at radius 3 is 2.25 bits per heavy atom. The number of rotatable bonds is 16. The summed E-state index contributed by atoms with van der Waals surface area (Å²) < 4.78 is 4.76. The van der Waals surface area contributed by atoms with Crippen LogP contribution in [-0.2, 0) is 33.9 Å². The van der Waals surface area contributed by atoms with Gasteiger partial charge in [-0.3, -0.25) is 20.0 Å². The van der Waals surface area contributed by atoms with Crippen molar-refractivity contribution in [2.24, 2.45) is 22.7 Å². The second-order valence-corrected chi connectivity index (χ2v) is 16.1. The first kappa shape index (κ1) is 40.5. The van der Waals surface area contributed by atoms with Gasteiger partial charge >= 0.3 is 12.1 Å². The maximum atomic E-state index is 14.5. The number of hydrazine groups is 1. The van der Waals surface area contributed by atoms with E-state index in [2.05, 4.69) is 26.4 Å². The molecular weight excluding hydrogens is 666 g/mol. The highest BCUT2D eigenvalue weighted by molar-refractivity contribution is 5.86. The average molecular weight is 724 g/mol. The van der Waals surface area contributed by atoms with Gasteiger partial charge in [-0.1, -0.05) is 77.9 Å². The number of aromatic nitrogens is 1. The van der Waals surface area contributed by atoms with Gasteiger partial charge in [-0.05, 0) is 53.7 Å². The SMILES string of the molecule is COC(=O)NC(C(=O)NN(CC1CC1)CC(O)C(Cc1ccccc1)NC(=O)C(C1CNC(=O)N1Cc1cccc(CO)n1)C(C)(C)C)C(C)(C)C. The highest BCUT2D eigenvalue weighted by Gasteiger charge is 2.46. The van der Waals surface area contributed by atoms with Crippen LogP contribution in [0.2, 0.25) is 0 Å². The van der Waals surface area contributed by atoms with Gasteiger partial charge in [-0.15, -0.1) is 0 Å². The van der Waals surface area contributed by atoms with Crippen LogP contribution >= 0.6 is 0 Å². The summed E-state index contributed by atoms with van der Waals surface area (Å²) >= 11 is 0. The number of amides is 5. The molecule has 5 amide bonds. The van der Waals surface area contributed by atoms with E-state index in [1.54, 1.807) is 28.1 Å². The first-order valence-corrected chi connectivity index (χ1v) is 18.0. The Hall–Kier alpha value is -4.27. The number of urea groups is 1. The number of ether oxygens (including phenoxy) is 1. The van der Waals surface area contributed by atoms with Crippen molar-refractivity contribution in [2.75, 3.05) is 26.7 Å². The maximum Gasteiger partial charge on any atom is 0.407 e. The molecule has 5 unspecified atom stereocenters. The van der Waals surface area contributed by atoms with E-state index < -0.39 is 53.0 Å². The largest absolute Gasteiger partial charge is 0.453 e. The molecule has 52 heavy (non-hydrogen) atoms. The van der Waals surface area contributed by atoms with Gasteiger partial charge in [0.25, 0.3) is 5.91 Å². The topological polar surface area (TPSA) is 185 Å². The summed E-state index contributed by atoms with van der Waals surface area (Å²) in [5.41, 5.74) is 3.68. The molecule has 14 nitrogen and oxygen atoms in total. The fourth-order valence-corrected chi connectivity index (χ4v) is 6.69. The molecule has 1 saturated carbocycles. The van der Waals surface area contributed by atoms with Crippen molar-refractivity contribution in [3.8, 4) is 0 Å². The van der Waals surface area contributed by atoms with Crippen LogP contribution in [-0.4, -0.2) is 100 Å². The van der Waals surface area contributed by atoms with Crippen molar-refractivity contribution in [3.05, 3.63) is 65.5 Å². The van der Waals surface area contributed by atoms with Crippen molar-refractivity contribution >= 4 is 23.9 Å². The number of hydrogen-bond acceptors (Lipinski definition) is 9. The van der Waals surface area contributed by atoms with Crippen LogP contribution < -0.4 is 21.4 Å². The molecule has 0 radical (unpaired) electrons. The summed E-state index contributed by atoms with van der Waals surface area (Å²) in [5, 5.41) is 31.9. The fraction of sp³-hybridized carbons (Fsp3) is 0.605. The lowest BCUT2D eigenvalue weighted by molar-refractivity contribution is -0.134. The van der Waals surface area contributed by atoms with Crippen LogP contribution in [0.1, 0.15) is 71.3 Å². The molecule has 6 N–H and O–H groups in total. The molecule has 1 saturated heterocycles. The first-order valence-electron chi connectivity index (χ1n) is 18.0. The van der Waals surface area contributed by atoms with Gasteiger partial charge in [-0.2, -0.15) is 0 Å².